The first-order valence-corrected chi connectivity index (χ1v) is 10.4. The summed E-state index contributed by atoms with van der Waals surface area (Å²) in [6.45, 7) is 3.07. The third kappa shape index (κ3) is 5.66. The van der Waals surface area contributed by atoms with Crippen molar-refractivity contribution in [2.75, 3.05) is 5.75 Å². The minimum absolute atomic E-state index is 0.0234. The minimum atomic E-state index is -0.579. The molecule has 3 aromatic rings. The molecule has 0 spiro atoms. The lowest BCUT2D eigenvalue weighted by molar-refractivity contribution is -0.118. The Morgan fingerprint density at radius 3 is 2.47 bits per heavy atom. The van der Waals surface area contributed by atoms with Crippen LogP contribution in [0.4, 0.5) is 4.39 Å². The number of nitrogens with one attached hydrogen (secondary N) is 2. The highest BCUT2D eigenvalue weighted by Crippen LogP contribution is 2.17. The van der Waals surface area contributed by atoms with Gasteiger partial charge in [-0.05, 0) is 24.6 Å². The Kier molecular flexibility index (Phi) is 7.56. The zero-order valence-electron chi connectivity index (χ0n) is 16.5. The van der Waals surface area contributed by atoms with E-state index in [2.05, 4.69) is 20.8 Å². The molecule has 0 radical (unpaired) electrons. The average Bonchev–Trinajstić information content (AvgIpc) is 3.17. The molecular formula is C21H22FN5O2S. The zero-order valence-corrected chi connectivity index (χ0v) is 17.3. The van der Waals surface area contributed by atoms with Crippen LogP contribution in [0.5, 0.6) is 0 Å². The number of nitrogens with zero attached hydrogens (tertiary/aromatic N) is 3. The lowest BCUT2D eigenvalue weighted by Crippen LogP contribution is -2.26. The molecule has 0 atom stereocenters. The van der Waals surface area contributed by atoms with E-state index in [9.17, 15) is 14.0 Å². The Labute approximate surface area is 178 Å². The first-order valence-electron chi connectivity index (χ1n) is 9.46. The Balaban J connectivity index is 1.53. The highest BCUT2D eigenvalue weighted by atomic mass is 32.2. The van der Waals surface area contributed by atoms with E-state index >= 15 is 0 Å². The average molecular weight is 428 g/mol. The lowest BCUT2D eigenvalue weighted by Gasteiger charge is -2.09. The molecule has 7 nitrogen and oxygen atoms in total. The van der Waals surface area contributed by atoms with Crippen LogP contribution in [0, 0.1) is 5.82 Å². The molecule has 0 aliphatic heterocycles. The van der Waals surface area contributed by atoms with E-state index < -0.39 is 11.7 Å². The van der Waals surface area contributed by atoms with Gasteiger partial charge in [0.25, 0.3) is 5.91 Å². The van der Waals surface area contributed by atoms with Crippen LogP contribution < -0.4 is 10.6 Å². The van der Waals surface area contributed by atoms with Crippen molar-refractivity contribution in [2.45, 2.75) is 31.7 Å². The minimum Gasteiger partial charge on any atom is -0.351 e. The predicted octanol–water partition coefficient (Wildman–Crippen LogP) is 2.78. The van der Waals surface area contributed by atoms with Crippen LogP contribution in [0.1, 0.15) is 28.7 Å². The number of hydrogen-bond donors (Lipinski definition) is 2. The number of carbonyl (C=O) groups is 2. The Morgan fingerprint density at radius 1 is 1.00 bits per heavy atom. The molecule has 0 saturated heterocycles. The molecule has 0 bridgehead atoms. The molecule has 0 fully saturated rings. The quantitative estimate of drug-likeness (QED) is 0.513. The molecule has 0 aliphatic rings. The number of benzene rings is 2. The Morgan fingerprint density at radius 2 is 1.73 bits per heavy atom. The maximum Gasteiger partial charge on any atom is 0.254 e. The molecule has 2 N–H and O–H groups in total. The summed E-state index contributed by atoms with van der Waals surface area (Å²) in [5.74, 6) is -0.469. The monoisotopic (exact) mass is 427 g/mol. The van der Waals surface area contributed by atoms with E-state index in [0.29, 0.717) is 24.1 Å². The second-order valence-electron chi connectivity index (χ2n) is 6.36. The number of carbonyl (C=O) groups excluding carboxylic acids is 2. The number of halogens is 1. The summed E-state index contributed by atoms with van der Waals surface area (Å²) in [5, 5.41) is 14.3. The SMILES string of the molecule is CCn1c(CNC(=O)c2ccccc2F)nnc1SCC(=O)NCc1ccccc1. The Bertz CT molecular complexity index is 1010. The molecule has 2 amide bonds. The summed E-state index contributed by atoms with van der Waals surface area (Å²) < 4.78 is 15.5. The molecule has 0 saturated carbocycles. The van der Waals surface area contributed by atoms with Gasteiger partial charge in [-0.25, -0.2) is 4.39 Å². The van der Waals surface area contributed by atoms with E-state index in [1.54, 1.807) is 6.07 Å². The third-order valence-electron chi connectivity index (χ3n) is 4.30. The number of amides is 2. The number of thioether (sulfide) groups is 1. The third-order valence-corrected chi connectivity index (χ3v) is 5.27. The molecule has 30 heavy (non-hydrogen) atoms. The van der Waals surface area contributed by atoms with Crippen LogP contribution in [0.25, 0.3) is 0 Å². The standard InChI is InChI=1S/C21H22FN5O2S/c1-2-27-18(13-24-20(29)16-10-6-7-11-17(16)22)25-26-21(27)30-14-19(28)23-12-15-8-4-3-5-9-15/h3-11H,2,12-14H2,1H3,(H,23,28)(H,24,29). The molecule has 1 aromatic heterocycles. The number of rotatable bonds is 9. The van der Waals surface area contributed by atoms with Gasteiger partial charge in [-0.3, -0.25) is 9.59 Å². The lowest BCUT2D eigenvalue weighted by atomic mass is 10.2. The number of aromatic nitrogens is 3. The summed E-state index contributed by atoms with van der Waals surface area (Å²) in [4.78, 5) is 24.3. The van der Waals surface area contributed by atoms with Crippen LogP contribution >= 0.6 is 11.8 Å². The van der Waals surface area contributed by atoms with Gasteiger partial charge in [0, 0.05) is 13.1 Å². The van der Waals surface area contributed by atoms with Gasteiger partial charge in [-0.15, -0.1) is 10.2 Å². The smallest absolute Gasteiger partial charge is 0.254 e. The van der Waals surface area contributed by atoms with Crippen molar-refractivity contribution in [1.29, 1.82) is 0 Å². The fraction of sp³-hybridized carbons (Fsp3) is 0.238. The van der Waals surface area contributed by atoms with Crippen molar-refractivity contribution < 1.29 is 14.0 Å². The molecule has 0 unspecified atom stereocenters. The second kappa shape index (κ2) is 10.5. The molecule has 3 rings (SSSR count). The highest BCUT2D eigenvalue weighted by Gasteiger charge is 2.15. The van der Waals surface area contributed by atoms with Crippen molar-refractivity contribution in [3.8, 4) is 0 Å². The van der Waals surface area contributed by atoms with Gasteiger partial charge >= 0.3 is 0 Å². The van der Waals surface area contributed by atoms with Crippen molar-refractivity contribution in [3.63, 3.8) is 0 Å². The summed E-state index contributed by atoms with van der Waals surface area (Å²) in [6.07, 6.45) is 0. The van der Waals surface area contributed by atoms with Crippen LogP contribution in [-0.4, -0.2) is 32.3 Å². The van der Waals surface area contributed by atoms with Gasteiger partial charge in [0.1, 0.15) is 5.82 Å². The molecule has 156 valence electrons. The number of hydrogen-bond acceptors (Lipinski definition) is 5. The van der Waals surface area contributed by atoms with E-state index in [1.807, 2.05) is 41.8 Å². The van der Waals surface area contributed by atoms with Crippen molar-refractivity contribution >= 4 is 23.6 Å². The van der Waals surface area contributed by atoms with Gasteiger partial charge in [-0.2, -0.15) is 0 Å². The van der Waals surface area contributed by atoms with E-state index in [1.165, 1.54) is 30.0 Å². The van der Waals surface area contributed by atoms with Crippen molar-refractivity contribution in [1.82, 2.24) is 25.4 Å². The molecule has 1 heterocycles. The molecule has 2 aromatic carbocycles. The molecule has 9 heteroatoms. The molecular weight excluding hydrogens is 405 g/mol. The van der Waals surface area contributed by atoms with Gasteiger partial charge in [0.15, 0.2) is 11.0 Å². The molecule has 0 aliphatic carbocycles. The Hall–Kier alpha value is -3.20. The van der Waals surface area contributed by atoms with Crippen LogP contribution in [0.2, 0.25) is 0 Å². The summed E-state index contributed by atoms with van der Waals surface area (Å²) in [5.41, 5.74) is 1.00. The zero-order chi connectivity index (χ0) is 21.3. The fourth-order valence-electron chi connectivity index (χ4n) is 2.75. The summed E-state index contributed by atoms with van der Waals surface area (Å²) in [6, 6.07) is 15.5. The normalized spacial score (nSPS) is 10.6. The topological polar surface area (TPSA) is 88.9 Å². The maximum atomic E-state index is 13.7. The maximum absolute atomic E-state index is 13.7. The van der Waals surface area contributed by atoms with Gasteiger partial charge < -0.3 is 15.2 Å². The van der Waals surface area contributed by atoms with Crippen LogP contribution in [0.15, 0.2) is 59.8 Å². The van der Waals surface area contributed by atoms with E-state index in [0.717, 1.165) is 5.56 Å². The first kappa shape index (κ1) is 21.5. The predicted molar refractivity (Wildman–Crippen MR) is 112 cm³/mol. The first-order chi connectivity index (χ1) is 14.6. The van der Waals surface area contributed by atoms with Crippen molar-refractivity contribution in [3.05, 3.63) is 77.4 Å². The summed E-state index contributed by atoms with van der Waals surface area (Å²) >= 11 is 1.27. The fourth-order valence-corrected chi connectivity index (χ4v) is 3.60. The van der Waals surface area contributed by atoms with Gasteiger partial charge in [-0.1, -0.05) is 54.2 Å². The van der Waals surface area contributed by atoms with Gasteiger partial charge in [0.2, 0.25) is 5.91 Å². The second-order valence-corrected chi connectivity index (χ2v) is 7.30. The summed E-state index contributed by atoms with van der Waals surface area (Å²) in [7, 11) is 0. The van der Waals surface area contributed by atoms with Crippen LogP contribution in [-0.2, 0) is 24.4 Å². The van der Waals surface area contributed by atoms with E-state index in [-0.39, 0.29) is 23.8 Å². The highest BCUT2D eigenvalue weighted by molar-refractivity contribution is 7.99. The van der Waals surface area contributed by atoms with E-state index in [4.69, 9.17) is 0 Å². The largest absolute Gasteiger partial charge is 0.351 e. The van der Waals surface area contributed by atoms with Crippen LogP contribution in [0.3, 0.4) is 0 Å². The van der Waals surface area contributed by atoms with Gasteiger partial charge in [0.05, 0.1) is 17.9 Å². The van der Waals surface area contributed by atoms with Crippen molar-refractivity contribution in [2.24, 2.45) is 0 Å².